The van der Waals surface area contributed by atoms with Crippen molar-refractivity contribution in [3.05, 3.63) is 0 Å². The Bertz CT molecular complexity index is 171. The number of ether oxygens (including phenoxy) is 1. The first-order valence-electron chi connectivity index (χ1n) is 5.88. The molecule has 0 N–H and O–H groups in total. The Morgan fingerprint density at radius 1 is 1.40 bits per heavy atom. The Kier molecular flexibility index (Phi) is 8.38. The fourth-order valence-corrected chi connectivity index (χ4v) is 1.50. The second-order valence-electron chi connectivity index (χ2n) is 4.15. The predicted octanol–water partition coefficient (Wildman–Crippen LogP) is 2.45. The van der Waals surface area contributed by atoms with E-state index in [9.17, 15) is 4.79 Å². The molecule has 0 aliphatic heterocycles. The molecule has 0 amide bonds. The summed E-state index contributed by atoms with van der Waals surface area (Å²) in [5, 5.41) is 0. The maximum atomic E-state index is 11.0. The van der Waals surface area contributed by atoms with Gasteiger partial charge in [-0.3, -0.25) is 4.79 Å². The number of methoxy groups -OCH3 is 1. The van der Waals surface area contributed by atoms with Crippen LogP contribution in [0.2, 0.25) is 0 Å². The monoisotopic (exact) mass is 215 g/mol. The predicted molar refractivity (Wildman–Crippen MR) is 62.9 cm³/mol. The maximum absolute atomic E-state index is 11.0. The lowest BCUT2D eigenvalue weighted by atomic mass is 10.1. The van der Waals surface area contributed by atoms with Gasteiger partial charge in [0.1, 0.15) is 0 Å². The minimum absolute atomic E-state index is 0.123. The Morgan fingerprint density at radius 3 is 2.60 bits per heavy atom. The van der Waals surface area contributed by atoms with E-state index >= 15 is 0 Å². The van der Waals surface area contributed by atoms with Gasteiger partial charge in [-0.1, -0.05) is 26.2 Å². The molecule has 0 aromatic carbocycles. The molecule has 15 heavy (non-hydrogen) atoms. The minimum atomic E-state index is -0.123. The van der Waals surface area contributed by atoms with Crippen molar-refractivity contribution in [2.24, 2.45) is 0 Å². The second-order valence-corrected chi connectivity index (χ2v) is 4.15. The zero-order chi connectivity index (χ0) is 11.7. The molecule has 0 aliphatic rings. The van der Waals surface area contributed by atoms with Crippen molar-refractivity contribution in [1.82, 2.24) is 4.90 Å². The van der Waals surface area contributed by atoms with E-state index in [1.54, 1.807) is 0 Å². The molecular formula is C12H25NO2. The first-order chi connectivity index (χ1) is 7.11. The number of hydrogen-bond acceptors (Lipinski definition) is 3. The molecule has 0 aliphatic carbocycles. The average molecular weight is 215 g/mol. The topological polar surface area (TPSA) is 29.5 Å². The Hall–Kier alpha value is -0.570. The smallest absolute Gasteiger partial charge is 0.306 e. The summed E-state index contributed by atoms with van der Waals surface area (Å²) in [6.07, 6.45) is 5.55. The van der Waals surface area contributed by atoms with Gasteiger partial charge >= 0.3 is 5.97 Å². The zero-order valence-electron chi connectivity index (χ0n) is 10.6. The molecule has 0 heterocycles. The summed E-state index contributed by atoms with van der Waals surface area (Å²) in [7, 11) is 3.51. The molecule has 0 radical (unpaired) electrons. The zero-order valence-corrected chi connectivity index (χ0v) is 10.6. The number of carbonyl (C=O) groups is 1. The molecule has 3 heteroatoms. The van der Waals surface area contributed by atoms with Gasteiger partial charge in [-0.2, -0.15) is 0 Å². The third-order valence-electron chi connectivity index (χ3n) is 2.87. The van der Waals surface area contributed by atoms with E-state index in [0.29, 0.717) is 12.5 Å². The summed E-state index contributed by atoms with van der Waals surface area (Å²) in [5.74, 6) is -0.123. The normalized spacial score (nSPS) is 12.9. The van der Waals surface area contributed by atoms with Gasteiger partial charge in [0.2, 0.25) is 0 Å². The van der Waals surface area contributed by atoms with Crippen LogP contribution in [0.4, 0.5) is 0 Å². The molecule has 0 rings (SSSR count). The highest BCUT2D eigenvalue weighted by atomic mass is 16.5. The quantitative estimate of drug-likeness (QED) is 0.460. The Morgan fingerprint density at radius 2 is 2.07 bits per heavy atom. The van der Waals surface area contributed by atoms with Crippen molar-refractivity contribution >= 4 is 5.97 Å². The van der Waals surface area contributed by atoms with Gasteiger partial charge in [0, 0.05) is 12.6 Å². The summed E-state index contributed by atoms with van der Waals surface area (Å²) < 4.78 is 4.61. The lowest BCUT2D eigenvalue weighted by Crippen LogP contribution is -2.31. The lowest BCUT2D eigenvalue weighted by Gasteiger charge is -2.24. The van der Waals surface area contributed by atoms with Crippen molar-refractivity contribution in [2.45, 2.75) is 52.0 Å². The summed E-state index contributed by atoms with van der Waals surface area (Å²) in [4.78, 5) is 13.2. The molecular weight excluding hydrogens is 190 g/mol. The number of hydrogen-bond donors (Lipinski definition) is 0. The minimum Gasteiger partial charge on any atom is -0.469 e. The molecule has 0 aromatic rings. The van der Waals surface area contributed by atoms with Gasteiger partial charge in [0.15, 0.2) is 0 Å². The molecule has 3 nitrogen and oxygen atoms in total. The van der Waals surface area contributed by atoms with E-state index in [0.717, 1.165) is 6.54 Å². The van der Waals surface area contributed by atoms with E-state index in [-0.39, 0.29) is 5.97 Å². The van der Waals surface area contributed by atoms with Gasteiger partial charge in [-0.25, -0.2) is 0 Å². The summed E-state index contributed by atoms with van der Waals surface area (Å²) in [5.41, 5.74) is 0. The third-order valence-corrected chi connectivity index (χ3v) is 2.87. The highest BCUT2D eigenvalue weighted by Crippen LogP contribution is 2.08. The van der Waals surface area contributed by atoms with Crippen LogP contribution in [0.25, 0.3) is 0 Å². The summed E-state index contributed by atoms with van der Waals surface area (Å²) in [6, 6.07) is 0.557. The molecule has 0 bridgehead atoms. The van der Waals surface area contributed by atoms with E-state index in [1.807, 2.05) is 0 Å². The van der Waals surface area contributed by atoms with Crippen molar-refractivity contribution in [1.29, 1.82) is 0 Å². The number of unbranched alkanes of at least 4 members (excludes halogenated alkanes) is 2. The highest BCUT2D eigenvalue weighted by Gasteiger charge is 2.10. The fourth-order valence-electron chi connectivity index (χ4n) is 1.50. The van der Waals surface area contributed by atoms with Crippen molar-refractivity contribution in [3.8, 4) is 0 Å². The molecule has 0 aromatic heterocycles. The van der Waals surface area contributed by atoms with Gasteiger partial charge in [-0.05, 0) is 20.4 Å². The Balaban J connectivity index is 3.59. The van der Waals surface area contributed by atoms with Crippen LogP contribution in [-0.2, 0) is 9.53 Å². The maximum Gasteiger partial charge on any atom is 0.306 e. The van der Waals surface area contributed by atoms with Gasteiger partial charge in [0.25, 0.3) is 0 Å². The molecule has 0 spiro atoms. The number of esters is 1. The summed E-state index contributed by atoms with van der Waals surface area (Å²) >= 11 is 0. The van der Waals surface area contributed by atoms with E-state index < -0.39 is 0 Å². The van der Waals surface area contributed by atoms with Crippen LogP contribution < -0.4 is 0 Å². The molecule has 0 unspecified atom stereocenters. The van der Waals surface area contributed by atoms with E-state index in [4.69, 9.17) is 0 Å². The first-order valence-corrected chi connectivity index (χ1v) is 5.88. The Labute approximate surface area is 93.8 Å². The number of carbonyl (C=O) groups excluding carboxylic acids is 1. The fraction of sp³-hybridized carbons (Fsp3) is 0.917. The van der Waals surface area contributed by atoms with Gasteiger partial charge in [-0.15, -0.1) is 0 Å². The molecule has 1 atom stereocenters. The van der Waals surface area contributed by atoms with Crippen LogP contribution >= 0.6 is 0 Å². The average Bonchev–Trinajstić information content (AvgIpc) is 2.25. The second kappa shape index (κ2) is 8.72. The van der Waals surface area contributed by atoms with Crippen molar-refractivity contribution in [2.75, 3.05) is 20.7 Å². The van der Waals surface area contributed by atoms with E-state index in [2.05, 4.69) is 30.5 Å². The van der Waals surface area contributed by atoms with Crippen LogP contribution in [0.1, 0.15) is 46.0 Å². The lowest BCUT2D eigenvalue weighted by molar-refractivity contribution is -0.141. The molecule has 0 fully saturated rings. The first kappa shape index (κ1) is 14.4. The summed E-state index contributed by atoms with van der Waals surface area (Å²) in [6.45, 7) is 5.22. The van der Waals surface area contributed by atoms with Crippen LogP contribution in [-0.4, -0.2) is 37.6 Å². The van der Waals surface area contributed by atoms with Crippen LogP contribution in [0.15, 0.2) is 0 Å². The van der Waals surface area contributed by atoms with Crippen LogP contribution in [0.5, 0.6) is 0 Å². The largest absolute Gasteiger partial charge is 0.469 e. The molecule has 0 saturated heterocycles. The SMILES string of the molecule is CCCCC[C@H](C)N(C)CCC(=O)OC. The highest BCUT2D eigenvalue weighted by molar-refractivity contribution is 5.69. The number of nitrogens with zero attached hydrogens (tertiary/aromatic N) is 1. The van der Waals surface area contributed by atoms with E-state index in [1.165, 1.54) is 32.8 Å². The van der Waals surface area contributed by atoms with Crippen LogP contribution in [0, 0.1) is 0 Å². The standard InChI is InChI=1S/C12H25NO2/c1-5-6-7-8-11(2)13(3)10-9-12(14)15-4/h11H,5-10H2,1-4H3/t11-/m0/s1. The molecule has 0 saturated carbocycles. The molecule has 90 valence electrons. The third kappa shape index (κ3) is 7.37. The number of rotatable bonds is 8. The van der Waals surface area contributed by atoms with Crippen molar-refractivity contribution < 1.29 is 9.53 Å². The van der Waals surface area contributed by atoms with Crippen LogP contribution in [0.3, 0.4) is 0 Å². The van der Waals surface area contributed by atoms with Crippen molar-refractivity contribution in [3.63, 3.8) is 0 Å². The van der Waals surface area contributed by atoms with Gasteiger partial charge < -0.3 is 9.64 Å². The van der Waals surface area contributed by atoms with Gasteiger partial charge in [0.05, 0.1) is 13.5 Å².